The lowest BCUT2D eigenvalue weighted by molar-refractivity contribution is -0.132. The first-order valence-corrected chi connectivity index (χ1v) is 6.16. The fourth-order valence-corrected chi connectivity index (χ4v) is 2.10. The van der Waals surface area contributed by atoms with Crippen molar-refractivity contribution in [1.29, 1.82) is 0 Å². The molecule has 2 aromatic rings. The fraction of sp³-hybridized carbons (Fsp3) is 0.308. The Balaban J connectivity index is 1.46. The molecule has 3 heterocycles. The third-order valence-corrected chi connectivity index (χ3v) is 3.12. The molecule has 6 heteroatoms. The van der Waals surface area contributed by atoms with Gasteiger partial charge in [0.15, 0.2) is 0 Å². The zero-order valence-electron chi connectivity index (χ0n) is 10.3. The van der Waals surface area contributed by atoms with Crippen LogP contribution in [0.15, 0.2) is 41.3 Å². The SMILES string of the molecule is O=C(C=Cc1ccco1)N1CC(Cn2ccnn2)C1. The summed E-state index contributed by atoms with van der Waals surface area (Å²) in [6.07, 6.45) is 8.31. The molecule has 3 rings (SSSR count). The second kappa shape index (κ2) is 5.09. The molecule has 2 aromatic heterocycles. The molecule has 6 nitrogen and oxygen atoms in total. The molecule has 0 aromatic carbocycles. The van der Waals surface area contributed by atoms with E-state index in [1.165, 1.54) is 0 Å². The van der Waals surface area contributed by atoms with Crippen molar-refractivity contribution in [2.24, 2.45) is 5.92 Å². The molecular weight excluding hydrogens is 244 g/mol. The molecular formula is C13H14N4O2. The van der Waals surface area contributed by atoms with E-state index in [2.05, 4.69) is 10.3 Å². The monoisotopic (exact) mass is 258 g/mol. The van der Waals surface area contributed by atoms with E-state index in [1.54, 1.807) is 40.3 Å². The third-order valence-electron chi connectivity index (χ3n) is 3.12. The maximum atomic E-state index is 11.8. The van der Waals surface area contributed by atoms with E-state index in [0.29, 0.717) is 11.7 Å². The van der Waals surface area contributed by atoms with Gasteiger partial charge in [-0.1, -0.05) is 5.21 Å². The van der Waals surface area contributed by atoms with Crippen LogP contribution in [-0.4, -0.2) is 38.9 Å². The van der Waals surface area contributed by atoms with E-state index in [1.807, 2.05) is 12.3 Å². The van der Waals surface area contributed by atoms with Crippen molar-refractivity contribution >= 4 is 12.0 Å². The summed E-state index contributed by atoms with van der Waals surface area (Å²) in [6.45, 7) is 2.34. The largest absolute Gasteiger partial charge is 0.465 e. The predicted octanol–water partition coefficient (Wildman–Crippen LogP) is 1.04. The Hall–Kier alpha value is -2.37. The van der Waals surface area contributed by atoms with Crippen LogP contribution in [0.3, 0.4) is 0 Å². The van der Waals surface area contributed by atoms with Crippen LogP contribution in [-0.2, 0) is 11.3 Å². The molecule has 1 fully saturated rings. The Morgan fingerprint density at radius 3 is 3.11 bits per heavy atom. The van der Waals surface area contributed by atoms with Crippen molar-refractivity contribution in [2.75, 3.05) is 13.1 Å². The molecule has 1 aliphatic heterocycles. The number of amides is 1. The maximum absolute atomic E-state index is 11.8. The van der Waals surface area contributed by atoms with Gasteiger partial charge in [-0.05, 0) is 18.2 Å². The van der Waals surface area contributed by atoms with Crippen LogP contribution >= 0.6 is 0 Å². The highest BCUT2D eigenvalue weighted by Gasteiger charge is 2.29. The molecule has 0 unspecified atom stereocenters. The summed E-state index contributed by atoms with van der Waals surface area (Å²) in [5.41, 5.74) is 0. The summed E-state index contributed by atoms with van der Waals surface area (Å²) in [5.74, 6) is 1.17. The first kappa shape index (κ1) is 11.7. The average Bonchev–Trinajstić information content (AvgIpc) is 3.03. The second-order valence-electron chi connectivity index (χ2n) is 4.58. The summed E-state index contributed by atoms with van der Waals surface area (Å²) in [7, 11) is 0. The van der Waals surface area contributed by atoms with Gasteiger partial charge in [0, 0.05) is 37.8 Å². The van der Waals surface area contributed by atoms with E-state index in [-0.39, 0.29) is 5.91 Å². The fourth-order valence-electron chi connectivity index (χ4n) is 2.10. The molecule has 1 saturated heterocycles. The molecule has 98 valence electrons. The molecule has 1 aliphatic rings. The van der Waals surface area contributed by atoms with E-state index in [0.717, 1.165) is 19.6 Å². The van der Waals surface area contributed by atoms with Gasteiger partial charge >= 0.3 is 0 Å². The summed E-state index contributed by atoms with van der Waals surface area (Å²) in [5, 5.41) is 7.67. The summed E-state index contributed by atoms with van der Waals surface area (Å²) >= 11 is 0. The van der Waals surface area contributed by atoms with Gasteiger partial charge in [-0.25, -0.2) is 0 Å². The zero-order valence-corrected chi connectivity index (χ0v) is 10.3. The van der Waals surface area contributed by atoms with Gasteiger partial charge in [0.25, 0.3) is 0 Å². The molecule has 0 aliphatic carbocycles. The number of carbonyl (C=O) groups is 1. The summed E-state index contributed by atoms with van der Waals surface area (Å²) in [4.78, 5) is 13.6. The van der Waals surface area contributed by atoms with Crippen LogP contribution in [0.25, 0.3) is 6.08 Å². The number of hydrogen-bond donors (Lipinski definition) is 0. The number of hydrogen-bond acceptors (Lipinski definition) is 4. The van der Waals surface area contributed by atoms with Gasteiger partial charge in [-0.2, -0.15) is 0 Å². The number of carbonyl (C=O) groups excluding carboxylic acids is 1. The highest BCUT2D eigenvalue weighted by atomic mass is 16.3. The predicted molar refractivity (Wildman–Crippen MR) is 67.8 cm³/mol. The minimum atomic E-state index is 0.0197. The van der Waals surface area contributed by atoms with Crippen LogP contribution in [0, 0.1) is 5.92 Å². The topological polar surface area (TPSA) is 64.2 Å². The van der Waals surface area contributed by atoms with Crippen LogP contribution in [0.1, 0.15) is 5.76 Å². The first-order chi connectivity index (χ1) is 9.31. The third kappa shape index (κ3) is 2.73. The standard InChI is InChI=1S/C13H14N4O2/c18-13(4-3-12-2-1-7-19-12)16-8-11(9-16)10-17-6-5-14-15-17/h1-7,11H,8-10H2. The average molecular weight is 258 g/mol. The molecule has 1 amide bonds. The van der Waals surface area contributed by atoms with Crippen LogP contribution < -0.4 is 0 Å². The van der Waals surface area contributed by atoms with Crippen molar-refractivity contribution in [1.82, 2.24) is 19.9 Å². The molecule has 0 atom stereocenters. The first-order valence-electron chi connectivity index (χ1n) is 6.16. The van der Waals surface area contributed by atoms with Gasteiger partial charge in [-0.15, -0.1) is 5.10 Å². The summed E-state index contributed by atoms with van der Waals surface area (Å²) in [6, 6.07) is 3.61. The van der Waals surface area contributed by atoms with Crippen LogP contribution in [0.5, 0.6) is 0 Å². The van der Waals surface area contributed by atoms with Crippen molar-refractivity contribution in [3.05, 3.63) is 42.6 Å². The summed E-state index contributed by atoms with van der Waals surface area (Å²) < 4.78 is 6.93. The Kier molecular flexibility index (Phi) is 3.14. The Bertz CT molecular complexity index is 553. The highest BCUT2D eigenvalue weighted by Crippen LogP contribution is 2.17. The minimum Gasteiger partial charge on any atom is -0.465 e. The number of likely N-dealkylation sites (tertiary alicyclic amines) is 1. The molecule has 0 N–H and O–H groups in total. The van der Waals surface area contributed by atoms with Crippen molar-refractivity contribution in [3.63, 3.8) is 0 Å². The Morgan fingerprint density at radius 1 is 1.53 bits per heavy atom. The lowest BCUT2D eigenvalue weighted by atomic mass is 10.0. The molecule has 0 saturated carbocycles. The number of furan rings is 1. The van der Waals surface area contributed by atoms with Crippen molar-refractivity contribution in [3.8, 4) is 0 Å². The van der Waals surface area contributed by atoms with Crippen LogP contribution in [0.4, 0.5) is 0 Å². The quantitative estimate of drug-likeness (QED) is 0.769. The van der Waals surface area contributed by atoms with Gasteiger partial charge < -0.3 is 9.32 Å². The van der Waals surface area contributed by atoms with E-state index < -0.39 is 0 Å². The van der Waals surface area contributed by atoms with Gasteiger partial charge in [0.1, 0.15) is 5.76 Å². The van der Waals surface area contributed by atoms with E-state index in [9.17, 15) is 4.79 Å². The lowest BCUT2D eigenvalue weighted by Crippen LogP contribution is -2.50. The van der Waals surface area contributed by atoms with Gasteiger partial charge in [0.2, 0.25) is 5.91 Å². The Labute approximate surface area is 110 Å². The Morgan fingerprint density at radius 2 is 2.42 bits per heavy atom. The molecule has 19 heavy (non-hydrogen) atoms. The lowest BCUT2D eigenvalue weighted by Gasteiger charge is -2.38. The van der Waals surface area contributed by atoms with Crippen molar-refractivity contribution < 1.29 is 9.21 Å². The highest BCUT2D eigenvalue weighted by molar-refractivity contribution is 5.91. The molecule has 0 spiro atoms. The number of nitrogens with zero attached hydrogens (tertiary/aromatic N) is 4. The zero-order chi connectivity index (χ0) is 13.1. The molecule has 0 bridgehead atoms. The maximum Gasteiger partial charge on any atom is 0.246 e. The second-order valence-corrected chi connectivity index (χ2v) is 4.58. The van der Waals surface area contributed by atoms with Gasteiger partial charge in [0.05, 0.1) is 12.5 Å². The smallest absolute Gasteiger partial charge is 0.246 e. The normalized spacial score (nSPS) is 15.9. The van der Waals surface area contributed by atoms with Gasteiger partial charge in [-0.3, -0.25) is 9.48 Å². The molecule has 0 radical (unpaired) electrons. The number of aromatic nitrogens is 3. The van der Waals surface area contributed by atoms with Crippen molar-refractivity contribution in [2.45, 2.75) is 6.54 Å². The number of rotatable bonds is 4. The minimum absolute atomic E-state index is 0.0197. The van der Waals surface area contributed by atoms with Crippen LogP contribution in [0.2, 0.25) is 0 Å². The van der Waals surface area contributed by atoms with E-state index >= 15 is 0 Å². The van der Waals surface area contributed by atoms with E-state index in [4.69, 9.17) is 4.42 Å².